The predicted octanol–water partition coefficient (Wildman–Crippen LogP) is 2.38. The summed E-state index contributed by atoms with van der Waals surface area (Å²) in [6.07, 6.45) is 1.60. The Balaban J connectivity index is 2.09. The van der Waals surface area contributed by atoms with Crippen LogP contribution in [0.2, 0.25) is 0 Å². The molecule has 0 N–H and O–H groups in total. The summed E-state index contributed by atoms with van der Waals surface area (Å²) in [7, 11) is 0. The highest BCUT2D eigenvalue weighted by Crippen LogP contribution is 2.11. The minimum atomic E-state index is 0.177. The average Bonchev–Trinajstić information content (AvgIpc) is 2.27. The zero-order valence-corrected chi connectivity index (χ0v) is 12.1. The summed E-state index contributed by atoms with van der Waals surface area (Å²) in [4.78, 5) is 2.39. The average molecular weight is 264 g/mol. The van der Waals surface area contributed by atoms with Crippen LogP contribution in [0.3, 0.4) is 0 Å². The number of rotatable bonds is 7. The quantitative estimate of drug-likeness (QED) is 0.520. The van der Waals surface area contributed by atoms with Crippen molar-refractivity contribution in [3.63, 3.8) is 0 Å². The molecule has 0 aliphatic carbocycles. The van der Waals surface area contributed by atoms with Gasteiger partial charge in [0.25, 0.3) is 0 Å². The van der Waals surface area contributed by atoms with Crippen LogP contribution in [0.4, 0.5) is 0 Å². The van der Waals surface area contributed by atoms with Gasteiger partial charge < -0.3 is 9.47 Å². The zero-order chi connectivity index (χ0) is 12.7. The molecule has 4 heteroatoms. The Hall–Kier alpha value is 0.170. The van der Waals surface area contributed by atoms with Crippen LogP contribution in [0.15, 0.2) is 0 Å². The molecule has 2 unspecified atom stereocenters. The molecule has 1 rings (SSSR count). The van der Waals surface area contributed by atoms with Crippen molar-refractivity contribution in [3.05, 3.63) is 0 Å². The topological polar surface area (TPSA) is 21.7 Å². The van der Waals surface area contributed by atoms with Crippen LogP contribution in [0.1, 0.15) is 27.2 Å². The monoisotopic (exact) mass is 263 g/mol. The Bertz CT molecular complexity index is 202. The van der Waals surface area contributed by atoms with E-state index in [1.165, 1.54) is 0 Å². The summed E-state index contributed by atoms with van der Waals surface area (Å²) in [6.45, 7) is 11.1. The first-order valence-electron chi connectivity index (χ1n) is 6.63. The van der Waals surface area contributed by atoms with E-state index in [1.807, 2.05) is 0 Å². The van der Waals surface area contributed by atoms with Crippen molar-refractivity contribution in [1.82, 2.24) is 4.90 Å². The van der Waals surface area contributed by atoms with E-state index in [1.54, 1.807) is 0 Å². The fourth-order valence-corrected chi connectivity index (χ4v) is 2.19. The minimum absolute atomic E-state index is 0.177. The third-order valence-corrected chi connectivity index (χ3v) is 3.31. The molecule has 1 heterocycles. The Kier molecular flexibility index (Phi) is 7.44. The van der Waals surface area contributed by atoms with E-state index < -0.39 is 0 Å². The summed E-state index contributed by atoms with van der Waals surface area (Å²) in [5.41, 5.74) is 0. The fraction of sp³-hybridized carbons (Fsp3) is 1.00. The van der Waals surface area contributed by atoms with Crippen LogP contribution in [0.25, 0.3) is 0 Å². The first-order valence-corrected chi connectivity index (χ1v) is 7.16. The van der Waals surface area contributed by atoms with Crippen molar-refractivity contribution in [2.75, 3.05) is 38.7 Å². The molecule has 0 spiro atoms. The van der Waals surface area contributed by atoms with Gasteiger partial charge in [0, 0.05) is 32.1 Å². The maximum absolute atomic E-state index is 5.85. The van der Waals surface area contributed by atoms with E-state index in [0.29, 0.717) is 5.88 Å². The van der Waals surface area contributed by atoms with Crippen LogP contribution in [-0.2, 0) is 9.47 Å². The van der Waals surface area contributed by atoms with E-state index >= 15 is 0 Å². The van der Waals surface area contributed by atoms with Gasteiger partial charge in [-0.15, -0.1) is 11.6 Å². The zero-order valence-electron chi connectivity index (χ0n) is 11.3. The second-order valence-electron chi connectivity index (χ2n) is 5.28. The van der Waals surface area contributed by atoms with Gasteiger partial charge in [-0.3, -0.25) is 4.90 Å². The molecule has 1 fully saturated rings. The Morgan fingerprint density at radius 3 is 2.76 bits per heavy atom. The highest BCUT2D eigenvalue weighted by atomic mass is 35.5. The molecule has 0 amide bonds. The smallest absolute Gasteiger partial charge is 0.0841 e. The lowest BCUT2D eigenvalue weighted by molar-refractivity contribution is -0.0716. The van der Waals surface area contributed by atoms with Gasteiger partial charge in [-0.1, -0.05) is 13.8 Å². The summed E-state index contributed by atoms with van der Waals surface area (Å²) < 4.78 is 11.3. The highest BCUT2D eigenvalue weighted by molar-refractivity contribution is 6.18. The van der Waals surface area contributed by atoms with Crippen LogP contribution in [0, 0.1) is 5.92 Å². The van der Waals surface area contributed by atoms with Gasteiger partial charge >= 0.3 is 0 Å². The number of hydrogen-bond acceptors (Lipinski definition) is 3. The molecule has 1 aliphatic rings. The number of ether oxygens (including phenoxy) is 2. The first-order chi connectivity index (χ1) is 8.11. The van der Waals surface area contributed by atoms with Crippen molar-refractivity contribution >= 4 is 11.6 Å². The van der Waals surface area contributed by atoms with E-state index in [-0.39, 0.29) is 12.2 Å². The lowest BCUT2D eigenvalue weighted by Gasteiger charge is -2.35. The molecule has 0 aromatic rings. The summed E-state index contributed by atoms with van der Waals surface area (Å²) in [5.74, 6) is 1.30. The van der Waals surface area contributed by atoms with Crippen molar-refractivity contribution in [2.24, 2.45) is 5.92 Å². The summed E-state index contributed by atoms with van der Waals surface area (Å²) in [5, 5.41) is 0. The normalized spacial score (nSPS) is 26.6. The fourth-order valence-electron chi connectivity index (χ4n) is 2.02. The van der Waals surface area contributed by atoms with Crippen molar-refractivity contribution in [3.8, 4) is 0 Å². The second-order valence-corrected chi connectivity index (χ2v) is 5.59. The Morgan fingerprint density at radius 1 is 1.35 bits per heavy atom. The van der Waals surface area contributed by atoms with E-state index in [0.717, 1.165) is 45.2 Å². The maximum Gasteiger partial charge on any atom is 0.0841 e. The van der Waals surface area contributed by atoms with Gasteiger partial charge in [0.1, 0.15) is 0 Å². The molecular formula is C13H26ClNO2. The van der Waals surface area contributed by atoms with E-state index in [4.69, 9.17) is 21.1 Å². The molecule has 17 heavy (non-hydrogen) atoms. The maximum atomic E-state index is 5.85. The van der Waals surface area contributed by atoms with Gasteiger partial charge in [0.2, 0.25) is 0 Å². The van der Waals surface area contributed by atoms with E-state index in [9.17, 15) is 0 Å². The Labute approximate surface area is 110 Å². The van der Waals surface area contributed by atoms with E-state index in [2.05, 4.69) is 25.7 Å². The Morgan fingerprint density at radius 2 is 2.12 bits per heavy atom. The molecule has 3 nitrogen and oxygen atoms in total. The minimum Gasteiger partial charge on any atom is -0.380 e. The van der Waals surface area contributed by atoms with Crippen molar-refractivity contribution < 1.29 is 9.47 Å². The van der Waals surface area contributed by atoms with Gasteiger partial charge in [0.05, 0.1) is 18.8 Å². The van der Waals surface area contributed by atoms with Crippen molar-refractivity contribution in [1.29, 1.82) is 0 Å². The van der Waals surface area contributed by atoms with Gasteiger partial charge in [-0.05, 0) is 19.3 Å². The summed E-state index contributed by atoms with van der Waals surface area (Å²) in [6, 6.07) is 0. The molecule has 0 aromatic carbocycles. The van der Waals surface area contributed by atoms with Crippen LogP contribution in [-0.4, -0.2) is 55.8 Å². The predicted molar refractivity (Wildman–Crippen MR) is 71.8 cm³/mol. The van der Waals surface area contributed by atoms with Gasteiger partial charge in [-0.25, -0.2) is 0 Å². The number of morpholine rings is 1. The third kappa shape index (κ3) is 6.61. The van der Waals surface area contributed by atoms with Crippen LogP contribution in [0.5, 0.6) is 0 Å². The lowest BCUT2D eigenvalue weighted by atomic mass is 10.1. The van der Waals surface area contributed by atoms with Gasteiger partial charge in [0.15, 0.2) is 0 Å². The molecule has 2 atom stereocenters. The standard InChI is InChI=1S/C13H26ClNO2/c1-11(2)4-6-16-7-5-15-9-12(3)17-13(8-14)10-15/h11-13H,4-10H2,1-3H3. The number of halogens is 1. The molecule has 102 valence electrons. The second kappa shape index (κ2) is 8.30. The number of alkyl halides is 1. The number of nitrogens with zero attached hydrogens (tertiary/aromatic N) is 1. The molecule has 0 saturated carbocycles. The SMILES string of the molecule is CC(C)CCOCCN1CC(C)OC(CCl)C1. The van der Waals surface area contributed by atoms with Crippen LogP contribution >= 0.6 is 11.6 Å². The third-order valence-electron chi connectivity index (χ3n) is 2.97. The van der Waals surface area contributed by atoms with Crippen molar-refractivity contribution in [2.45, 2.75) is 39.4 Å². The molecule has 0 bridgehead atoms. The molecular weight excluding hydrogens is 238 g/mol. The highest BCUT2D eigenvalue weighted by Gasteiger charge is 2.23. The largest absolute Gasteiger partial charge is 0.380 e. The van der Waals surface area contributed by atoms with Crippen LogP contribution < -0.4 is 0 Å². The molecule has 0 aromatic heterocycles. The molecule has 1 saturated heterocycles. The van der Waals surface area contributed by atoms with Gasteiger partial charge in [-0.2, -0.15) is 0 Å². The number of hydrogen-bond donors (Lipinski definition) is 0. The lowest BCUT2D eigenvalue weighted by Crippen LogP contribution is -2.48. The summed E-state index contributed by atoms with van der Waals surface area (Å²) >= 11 is 5.85. The first kappa shape index (κ1) is 15.2. The molecule has 0 radical (unpaired) electrons. The molecule has 1 aliphatic heterocycles.